The standard InChI is InChI=1S/C13H12ClNO4S2/c1-8-15-9(6-20-8)7-21(16,17)13-5-12-11(4-10(13)14)18-2-3-19-12/h4-6H,2-3,7H2,1H3. The maximum Gasteiger partial charge on any atom is 0.185 e. The van der Waals surface area contributed by atoms with Crippen LogP contribution < -0.4 is 9.47 Å². The lowest BCUT2D eigenvalue weighted by Gasteiger charge is -2.19. The van der Waals surface area contributed by atoms with E-state index in [1.807, 2.05) is 6.92 Å². The zero-order valence-electron chi connectivity index (χ0n) is 11.1. The van der Waals surface area contributed by atoms with Crippen LogP contribution in [-0.4, -0.2) is 26.6 Å². The number of thiazole rings is 1. The molecule has 1 aliphatic rings. The Hall–Kier alpha value is -1.31. The van der Waals surface area contributed by atoms with Crippen molar-refractivity contribution in [3.8, 4) is 11.5 Å². The molecule has 8 heteroatoms. The van der Waals surface area contributed by atoms with E-state index in [4.69, 9.17) is 21.1 Å². The number of aryl methyl sites for hydroxylation is 1. The molecule has 0 unspecified atom stereocenters. The van der Waals surface area contributed by atoms with Crippen LogP contribution in [0.1, 0.15) is 10.7 Å². The summed E-state index contributed by atoms with van der Waals surface area (Å²) in [5.74, 6) is 0.685. The van der Waals surface area contributed by atoms with Crippen LogP contribution in [0.4, 0.5) is 0 Å². The van der Waals surface area contributed by atoms with Crippen LogP contribution in [0.2, 0.25) is 5.02 Å². The highest BCUT2D eigenvalue weighted by molar-refractivity contribution is 7.90. The van der Waals surface area contributed by atoms with Crippen molar-refractivity contribution < 1.29 is 17.9 Å². The van der Waals surface area contributed by atoms with Gasteiger partial charge >= 0.3 is 0 Å². The molecule has 0 bridgehead atoms. The van der Waals surface area contributed by atoms with E-state index in [2.05, 4.69) is 4.98 Å². The third-order valence-corrected chi connectivity index (χ3v) is 5.87. The van der Waals surface area contributed by atoms with E-state index in [0.717, 1.165) is 5.01 Å². The van der Waals surface area contributed by atoms with Crippen molar-refractivity contribution in [1.82, 2.24) is 4.98 Å². The lowest BCUT2D eigenvalue weighted by molar-refractivity contribution is 0.171. The quantitative estimate of drug-likeness (QED) is 0.855. The molecule has 3 rings (SSSR count). The summed E-state index contributed by atoms with van der Waals surface area (Å²) < 4.78 is 35.8. The topological polar surface area (TPSA) is 65.5 Å². The molecule has 0 atom stereocenters. The second kappa shape index (κ2) is 5.47. The highest BCUT2D eigenvalue weighted by atomic mass is 35.5. The summed E-state index contributed by atoms with van der Waals surface area (Å²) in [4.78, 5) is 4.22. The normalized spacial score (nSPS) is 14.2. The van der Waals surface area contributed by atoms with Crippen molar-refractivity contribution in [2.75, 3.05) is 13.2 Å². The van der Waals surface area contributed by atoms with Gasteiger partial charge in [0.15, 0.2) is 21.3 Å². The highest BCUT2D eigenvalue weighted by Gasteiger charge is 2.24. The fourth-order valence-corrected chi connectivity index (χ4v) is 4.59. The van der Waals surface area contributed by atoms with Crippen LogP contribution in [0.3, 0.4) is 0 Å². The van der Waals surface area contributed by atoms with Gasteiger partial charge < -0.3 is 9.47 Å². The van der Waals surface area contributed by atoms with Crippen LogP contribution in [0.25, 0.3) is 0 Å². The first-order valence-corrected chi connectivity index (χ1v) is 9.09. The van der Waals surface area contributed by atoms with Gasteiger partial charge in [-0.15, -0.1) is 11.3 Å². The van der Waals surface area contributed by atoms with Crippen LogP contribution in [-0.2, 0) is 15.6 Å². The van der Waals surface area contributed by atoms with Crippen LogP contribution >= 0.6 is 22.9 Å². The minimum Gasteiger partial charge on any atom is -0.486 e. The zero-order valence-corrected chi connectivity index (χ0v) is 13.5. The van der Waals surface area contributed by atoms with Crippen LogP contribution in [0.5, 0.6) is 11.5 Å². The number of sulfone groups is 1. The molecule has 0 amide bonds. The van der Waals surface area contributed by atoms with E-state index >= 15 is 0 Å². The predicted molar refractivity (Wildman–Crippen MR) is 80.2 cm³/mol. The Morgan fingerprint density at radius 1 is 1.29 bits per heavy atom. The number of aromatic nitrogens is 1. The summed E-state index contributed by atoms with van der Waals surface area (Å²) in [6.07, 6.45) is 0. The molecule has 2 aromatic rings. The Bertz CT molecular complexity index is 785. The Labute approximate surface area is 131 Å². The molecule has 1 aromatic carbocycles. The second-order valence-corrected chi connectivity index (χ2v) is 7.97. The SMILES string of the molecule is Cc1nc(CS(=O)(=O)c2cc3c(cc2Cl)OCCO3)cs1. The van der Waals surface area contributed by atoms with Crippen LogP contribution in [0.15, 0.2) is 22.4 Å². The molecule has 0 spiro atoms. The molecule has 0 radical (unpaired) electrons. The summed E-state index contributed by atoms with van der Waals surface area (Å²) in [6, 6.07) is 2.90. The van der Waals surface area contributed by atoms with E-state index in [0.29, 0.717) is 30.4 Å². The van der Waals surface area contributed by atoms with Crippen LogP contribution in [0, 0.1) is 6.92 Å². The first kappa shape index (κ1) is 14.6. The number of fused-ring (bicyclic) bond motifs is 1. The first-order chi connectivity index (χ1) is 9.95. The lowest BCUT2D eigenvalue weighted by atomic mass is 10.3. The monoisotopic (exact) mass is 345 g/mol. The first-order valence-electron chi connectivity index (χ1n) is 6.18. The molecule has 1 aliphatic heterocycles. The van der Waals surface area contributed by atoms with Crippen molar-refractivity contribution in [1.29, 1.82) is 0 Å². The minimum atomic E-state index is -3.59. The van der Waals surface area contributed by atoms with Crippen molar-refractivity contribution in [3.05, 3.63) is 33.2 Å². The molecule has 21 heavy (non-hydrogen) atoms. The van der Waals surface area contributed by atoms with E-state index in [1.54, 1.807) is 5.38 Å². The maximum atomic E-state index is 12.5. The van der Waals surface area contributed by atoms with Gasteiger partial charge in [-0.25, -0.2) is 13.4 Å². The number of benzene rings is 1. The molecule has 1 aromatic heterocycles. The molecule has 0 saturated heterocycles. The van der Waals surface area contributed by atoms with E-state index in [9.17, 15) is 8.42 Å². The summed E-state index contributed by atoms with van der Waals surface area (Å²) in [7, 11) is -3.59. The van der Waals surface area contributed by atoms with Gasteiger partial charge in [0, 0.05) is 17.5 Å². The Kier molecular flexibility index (Phi) is 3.81. The van der Waals surface area contributed by atoms with Gasteiger partial charge in [-0.1, -0.05) is 11.6 Å². The summed E-state index contributed by atoms with van der Waals surface area (Å²) in [6.45, 7) is 2.64. The number of nitrogens with zero attached hydrogens (tertiary/aromatic N) is 1. The van der Waals surface area contributed by atoms with Gasteiger partial charge in [0.25, 0.3) is 0 Å². The zero-order chi connectivity index (χ0) is 15.0. The van der Waals surface area contributed by atoms with Gasteiger partial charge in [0.1, 0.15) is 13.2 Å². The summed E-state index contributed by atoms with van der Waals surface area (Å²) >= 11 is 7.50. The van der Waals surface area contributed by atoms with Gasteiger partial charge in [0.2, 0.25) is 0 Å². The Balaban J connectivity index is 1.98. The van der Waals surface area contributed by atoms with Crippen molar-refractivity contribution in [3.63, 3.8) is 0 Å². The van der Waals surface area contributed by atoms with Crippen molar-refractivity contribution in [2.45, 2.75) is 17.6 Å². The molecule has 0 aliphatic carbocycles. The number of hydrogen-bond donors (Lipinski definition) is 0. The summed E-state index contributed by atoms with van der Waals surface area (Å²) in [5.41, 5.74) is 0.517. The number of halogens is 1. The maximum absolute atomic E-state index is 12.5. The van der Waals surface area contributed by atoms with Crippen molar-refractivity contribution in [2.24, 2.45) is 0 Å². The fourth-order valence-electron chi connectivity index (χ4n) is 2.03. The lowest BCUT2D eigenvalue weighted by Crippen LogP contribution is -2.16. The smallest absolute Gasteiger partial charge is 0.185 e. The molecule has 112 valence electrons. The van der Waals surface area contributed by atoms with Gasteiger partial charge in [-0.2, -0.15) is 0 Å². The Morgan fingerprint density at radius 2 is 1.95 bits per heavy atom. The molecular weight excluding hydrogens is 334 g/mol. The third kappa shape index (κ3) is 3.00. The molecule has 5 nitrogen and oxygen atoms in total. The average molecular weight is 346 g/mol. The highest BCUT2D eigenvalue weighted by Crippen LogP contribution is 2.38. The van der Waals surface area contributed by atoms with Gasteiger partial charge in [-0.05, 0) is 6.92 Å². The average Bonchev–Trinajstić information content (AvgIpc) is 2.82. The predicted octanol–water partition coefficient (Wildman–Crippen LogP) is 2.85. The Morgan fingerprint density at radius 3 is 2.57 bits per heavy atom. The minimum absolute atomic E-state index is 0.0408. The van der Waals surface area contributed by atoms with E-state index in [-0.39, 0.29) is 15.7 Å². The van der Waals surface area contributed by atoms with E-state index < -0.39 is 9.84 Å². The van der Waals surface area contributed by atoms with Gasteiger partial charge in [-0.3, -0.25) is 0 Å². The van der Waals surface area contributed by atoms with Gasteiger partial charge in [0.05, 0.1) is 26.4 Å². The number of rotatable bonds is 3. The summed E-state index contributed by atoms with van der Waals surface area (Å²) in [5, 5.41) is 2.69. The molecule has 0 fully saturated rings. The molecule has 0 N–H and O–H groups in total. The van der Waals surface area contributed by atoms with Crippen molar-refractivity contribution >= 4 is 32.8 Å². The fraction of sp³-hybridized carbons (Fsp3) is 0.308. The second-order valence-electron chi connectivity index (χ2n) is 4.54. The number of ether oxygens (including phenoxy) is 2. The number of hydrogen-bond acceptors (Lipinski definition) is 6. The third-order valence-electron chi connectivity index (χ3n) is 2.94. The largest absolute Gasteiger partial charge is 0.486 e. The van der Waals surface area contributed by atoms with E-state index in [1.165, 1.54) is 23.5 Å². The molecular formula is C13H12ClNO4S2. The molecule has 0 saturated carbocycles. The molecule has 2 heterocycles.